The summed E-state index contributed by atoms with van der Waals surface area (Å²) < 4.78 is 1.80. The molecule has 1 aliphatic rings. The van der Waals surface area contributed by atoms with Gasteiger partial charge in [-0.2, -0.15) is 10.1 Å². The second-order valence-corrected chi connectivity index (χ2v) is 5.36. The van der Waals surface area contributed by atoms with Gasteiger partial charge in [0.2, 0.25) is 5.95 Å². The lowest BCUT2D eigenvalue weighted by Crippen LogP contribution is -2.22. The molecule has 0 aliphatic carbocycles. The number of nitrogens with zero attached hydrogens (tertiary/aromatic N) is 6. The molecule has 0 atom stereocenters. The highest BCUT2D eigenvalue weighted by Gasteiger charge is 2.17. The number of hydrogen-bond acceptors (Lipinski definition) is 6. The van der Waals surface area contributed by atoms with E-state index in [9.17, 15) is 0 Å². The van der Waals surface area contributed by atoms with E-state index >= 15 is 0 Å². The summed E-state index contributed by atoms with van der Waals surface area (Å²) in [5, 5.41) is 7.48. The first-order valence-corrected chi connectivity index (χ1v) is 7.40. The smallest absolute Gasteiger partial charge is 0.227 e. The number of anilines is 2. The van der Waals surface area contributed by atoms with Crippen LogP contribution in [0.2, 0.25) is 0 Å². The zero-order valence-corrected chi connectivity index (χ0v) is 12.6. The van der Waals surface area contributed by atoms with Gasteiger partial charge in [-0.3, -0.25) is 4.68 Å². The van der Waals surface area contributed by atoms with Crippen molar-refractivity contribution in [2.24, 2.45) is 0 Å². The highest BCUT2D eigenvalue weighted by molar-refractivity contribution is 5.50. The zero-order chi connectivity index (χ0) is 14.7. The molecular formula is C14H21N7. The molecule has 0 bridgehead atoms. The first-order valence-electron chi connectivity index (χ1n) is 7.40. The van der Waals surface area contributed by atoms with Crippen LogP contribution in [-0.4, -0.2) is 44.4 Å². The van der Waals surface area contributed by atoms with E-state index in [0.29, 0.717) is 0 Å². The summed E-state index contributed by atoms with van der Waals surface area (Å²) in [7, 11) is 0. The lowest BCUT2D eigenvalue weighted by atomic mass is 10.2. The molecule has 1 fully saturated rings. The normalized spacial score (nSPS) is 14.7. The van der Waals surface area contributed by atoms with Crippen molar-refractivity contribution in [1.82, 2.24) is 24.7 Å². The summed E-state index contributed by atoms with van der Waals surface area (Å²) in [6.45, 7) is 7.74. The Morgan fingerprint density at radius 2 is 2.00 bits per heavy atom. The van der Waals surface area contributed by atoms with Gasteiger partial charge in [-0.1, -0.05) is 0 Å². The maximum atomic E-state index is 4.69. The Balaban J connectivity index is 1.70. The average molecular weight is 287 g/mol. The van der Waals surface area contributed by atoms with Crippen LogP contribution in [0, 0.1) is 13.8 Å². The number of aryl methyl sites for hydroxylation is 1. The fourth-order valence-electron chi connectivity index (χ4n) is 2.48. The molecule has 1 aliphatic heterocycles. The molecule has 3 heterocycles. The van der Waals surface area contributed by atoms with Crippen LogP contribution in [0.4, 0.5) is 11.8 Å². The van der Waals surface area contributed by atoms with Gasteiger partial charge in [-0.25, -0.2) is 9.97 Å². The summed E-state index contributed by atoms with van der Waals surface area (Å²) >= 11 is 0. The summed E-state index contributed by atoms with van der Waals surface area (Å²) in [5.74, 6) is 1.77. The van der Waals surface area contributed by atoms with Crippen molar-refractivity contribution in [3.05, 3.63) is 23.9 Å². The summed E-state index contributed by atoms with van der Waals surface area (Å²) in [4.78, 5) is 15.5. The molecule has 0 amide bonds. The van der Waals surface area contributed by atoms with Crippen LogP contribution in [0.5, 0.6) is 0 Å². The van der Waals surface area contributed by atoms with Crippen LogP contribution in [-0.2, 0) is 6.54 Å². The summed E-state index contributed by atoms with van der Waals surface area (Å²) in [6.07, 6.45) is 5.72. The van der Waals surface area contributed by atoms with Crippen molar-refractivity contribution in [3.8, 4) is 0 Å². The highest BCUT2D eigenvalue weighted by Crippen LogP contribution is 2.22. The quantitative estimate of drug-likeness (QED) is 0.896. The molecular weight excluding hydrogens is 266 g/mol. The van der Waals surface area contributed by atoms with E-state index in [-0.39, 0.29) is 0 Å². The third kappa shape index (κ3) is 3.12. The Morgan fingerprint density at radius 1 is 1.19 bits per heavy atom. The van der Waals surface area contributed by atoms with Crippen molar-refractivity contribution in [2.45, 2.75) is 33.2 Å². The molecule has 3 rings (SSSR count). The first kappa shape index (κ1) is 13.8. The van der Waals surface area contributed by atoms with E-state index in [1.807, 2.05) is 6.92 Å². The van der Waals surface area contributed by atoms with E-state index in [2.05, 4.69) is 32.2 Å². The van der Waals surface area contributed by atoms with Gasteiger partial charge in [0.25, 0.3) is 0 Å². The van der Waals surface area contributed by atoms with Crippen molar-refractivity contribution >= 4 is 11.8 Å². The molecule has 1 saturated heterocycles. The summed E-state index contributed by atoms with van der Waals surface area (Å²) in [5.41, 5.74) is 2.15. The lowest BCUT2D eigenvalue weighted by molar-refractivity contribution is 0.635. The minimum absolute atomic E-state index is 0.764. The molecule has 1 N–H and O–H groups in total. The molecule has 112 valence electrons. The van der Waals surface area contributed by atoms with Gasteiger partial charge in [-0.15, -0.1) is 0 Å². The van der Waals surface area contributed by atoms with E-state index in [4.69, 9.17) is 4.98 Å². The fourth-order valence-corrected chi connectivity index (χ4v) is 2.48. The number of hydrogen-bond donors (Lipinski definition) is 1. The van der Waals surface area contributed by atoms with Gasteiger partial charge >= 0.3 is 0 Å². The molecule has 2 aromatic rings. The van der Waals surface area contributed by atoms with Gasteiger partial charge in [0.1, 0.15) is 18.5 Å². The average Bonchev–Trinajstić information content (AvgIpc) is 3.16. The molecule has 7 nitrogen and oxygen atoms in total. The second-order valence-electron chi connectivity index (χ2n) is 5.36. The molecule has 2 aromatic heterocycles. The molecule has 21 heavy (non-hydrogen) atoms. The van der Waals surface area contributed by atoms with Crippen LogP contribution >= 0.6 is 0 Å². The Kier molecular flexibility index (Phi) is 3.98. The minimum Gasteiger partial charge on any atom is -0.368 e. The van der Waals surface area contributed by atoms with Crippen LogP contribution in [0.15, 0.2) is 12.7 Å². The highest BCUT2D eigenvalue weighted by atomic mass is 15.3. The molecule has 7 heteroatoms. The van der Waals surface area contributed by atoms with E-state index in [1.165, 1.54) is 12.8 Å². The minimum atomic E-state index is 0.764. The van der Waals surface area contributed by atoms with E-state index in [0.717, 1.165) is 49.2 Å². The standard InChI is InChI=1S/C14H21N7/c1-11-12(2)18-14(20-6-3-4-7-20)19-13(11)16-5-8-21-10-15-9-17-21/h9-10H,3-8H2,1-2H3,(H,16,18,19). The monoisotopic (exact) mass is 287 g/mol. The van der Waals surface area contributed by atoms with Crippen LogP contribution in [0.25, 0.3) is 0 Å². The zero-order valence-electron chi connectivity index (χ0n) is 12.6. The van der Waals surface area contributed by atoms with Gasteiger partial charge < -0.3 is 10.2 Å². The predicted molar refractivity (Wildman–Crippen MR) is 81.5 cm³/mol. The third-order valence-corrected chi connectivity index (χ3v) is 3.87. The Bertz CT molecular complexity index is 588. The SMILES string of the molecule is Cc1nc(N2CCCC2)nc(NCCn2cncn2)c1C. The largest absolute Gasteiger partial charge is 0.368 e. The topological polar surface area (TPSA) is 71.8 Å². The Hall–Kier alpha value is -2.18. The van der Waals surface area contributed by atoms with Crippen molar-refractivity contribution in [2.75, 3.05) is 29.9 Å². The van der Waals surface area contributed by atoms with Crippen molar-refractivity contribution in [1.29, 1.82) is 0 Å². The van der Waals surface area contributed by atoms with Crippen LogP contribution in [0.3, 0.4) is 0 Å². The molecule has 0 saturated carbocycles. The number of nitrogens with one attached hydrogen (secondary N) is 1. The maximum absolute atomic E-state index is 4.69. The van der Waals surface area contributed by atoms with Crippen molar-refractivity contribution < 1.29 is 0 Å². The van der Waals surface area contributed by atoms with Gasteiger partial charge in [0.05, 0.1) is 6.54 Å². The van der Waals surface area contributed by atoms with E-state index in [1.54, 1.807) is 17.3 Å². The molecule has 0 aromatic carbocycles. The predicted octanol–water partition coefficient (Wildman–Crippen LogP) is 1.40. The third-order valence-electron chi connectivity index (χ3n) is 3.87. The lowest BCUT2D eigenvalue weighted by Gasteiger charge is -2.18. The summed E-state index contributed by atoms with van der Waals surface area (Å²) in [6, 6.07) is 0. The van der Waals surface area contributed by atoms with Gasteiger partial charge in [0.15, 0.2) is 0 Å². The van der Waals surface area contributed by atoms with Gasteiger partial charge in [0, 0.05) is 30.9 Å². The Morgan fingerprint density at radius 3 is 2.71 bits per heavy atom. The van der Waals surface area contributed by atoms with Crippen molar-refractivity contribution in [3.63, 3.8) is 0 Å². The Labute approximate surface area is 124 Å². The molecule has 0 spiro atoms. The fraction of sp³-hybridized carbons (Fsp3) is 0.571. The molecule has 0 unspecified atom stereocenters. The number of aromatic nitrogens is 5. The molecule has 0 radical (unpaired) electrons. The van der Waals surface area contributed by atoms with Gasteiger partial charge in [-0.05, 0) is 26.7 Å². The maximum Gasteiger partial charge on any atom is 0.227 e. The number of rotatable bonds is 5. The van der Waals surface area contributed by atoms with E-state index < -0.39 is 0 Å². The van der Waals surface area contributed by atoms with Crippen LogP contribution < -0.4 is 10.2 Å². The first-order chi connectivity index (χ1) is 10.2. The second kappa shape index (κ2) is 6.07. The van der Waals surface area contributed by atoms with Crippen LogP contribution in [0.1, 0.15) is 24.1 Å².